The SMILES string of the molecule is CNC(=O)CC(CN)N(C)CC1CC1C. The second kappa shape index (κ2) is 5.47. The number of hydrogen-bond donors (Lipinski definition) is 2. The largest absolute Gasteiger partial charge is 0.359 e. The monoisotopic (exact) mass is 213 g/mol. The van der Waals surface area contributed by atoms with Gasteiger partial charge in [0.05, 0.1) is 0 Å². The molecule has 1 aliphatic carbocycles. The van der Waals surface area contributed by atoms with Crippen LogP contribution in [0.1, 0.15) is 19.8 Å². The predicted octanol–water partition coefficient (Wildman–Crippen LogP) is 0.0376. The van der Waals surface area contributed by atoms with Crippen LogP contribution in [0.5, 0.6) is 0 Å². The van der Waals surface area contributed by atoms with Gasteiger partial charge in [0.1, 0.15) is 0 Å². The maximum atomic E-state index is 11.3. The third kappa shape index (κ3) is 3.80. The lowest BCUT2D eigenvalue weighted by atomic mass is 10.1. The molecule has 88 valence electrons. The second-order valence-electron chi connectivity index (χ2n) is 4.68. The van der Waals surface area contributed by atoms with Crippen molar-refractivity contribution in [1.29, 1.82) is 0 Å². The van der Waals surface area contributed by atoms with Gasteiger partial charge in [-0.2, -0.15) is 0 Å². The van der Waals surface area contributed by atoms with Crippen molar-refractivity contribution in [3.63, 3.8) is 0 Å². The maximum Gasteiger partial charge on any atom is 0.221 e. The fourth-order valence-electron chi connectivity index (χ4n) is 1.91. The summed E-state index contributed by atoms with van der Waals surface area (Å²) in [7, 11) is 3.73. The number of nitrogens with two attached hydrogens (primary N) is 1. The number of rotatable bonds is 6. The van der Waals surface area contributed by atoms with E-state index in [0.29, 0.717) is 13.0 Å². The van der Waals surface area contributed by atoms with Crippen molar-refractivity contribution in [2.75, 3.05) is 27.2 Å². The zero-order valence-corrected chi connectivity index (χ0v) is 9.99. The van der Waals surface area contributed by atoms with Crippen LogP contribution in [0.4, 0.5) is 0 Å². The molecule has 4 heteroatoms. The Bertz CT molecular complexity index is 220. The quantitative estimate of drug-likeness (QED) is 0.655. The minimum Gasteiger partial charge on any atom is -0.359 e. The van der Waals surface area contributed by atoms with E-state index in [2.05, 4.69) is 24.2 Å². The number of hydrogen-bond acceptors (Lipinski definition) is 3. The first-order valence-corrected chi connectivity index (χ1v) is 5.69. The molecule has 1 rings (SSSR count). The standard InChI is InChI=1S/C11H23N3O/c1-8-4-9(8)7-14(3)10(6-12)5-11(15)13-2/h8-10H,4-7,12H2,1-3H3,(H,13,15). The van der Waals surface area contributed by atoms with Gasteiger partial charge in [-0.05, 0) is 25.3 Å². The Morgan fingerprint density at radius 3 is 2.67 bits per heavy atom. The van der Waals surface area contributed by atoms with Crippen LogP contribution in [-0.2, 0) is 4.79 Å². The molecule has 3 atom stereocenters. The summed E-state index contributed by atoms with van der Waals surface area (Å²) in [5, 5.41) is 2.64. The topological polar surface area (TPSA) is 58.4 Å². The molecule has 0 saturated heterocycles. The van der Waals surface area contributed by atoms with E-state index in [1.807, 2.05) is 0 Å². The number of likely N-dealkylation sites (N-methyl/N-ethyl adjacent to an activating group) is 1. The molecule has 1 aliphatic rings. The lowest BCUT2D eigenvalue weighted by Crippen LogP contribution is -2.42. The zero-order valence-electron chi connectivity index (χ0n) is 9.99. The Kier molecular flexibility index (Phi) is 4.54. The van der Waals surface area contributed by atoms with E-state index in [9.17, 15) is 4.79 Å². The number of carbonyl (C=O) groups is 1. The average molecular weight is 213 g/mol. The molecule has 0 radical (unpaired) electrons. The molecular formula is C11H23N3O. The number of amides is 1. The van der Waals surface area contributed by atoms with Crippen LogP contribution in [0.3, 0.4) is 0 Å². The summed E-state index contributed by atoms with van der Waals surface area (Å²) in [5.41, 5.74) is 5.69. The van der Waals surface area contributed by atoms with E-state index in [4.69, 9.17) is 5.73 Å². The van der Waals surface area contributed by atoms with Gasteiger partial charge in [-0.1, -0.05) is 6.92 Å². The fourth-order valence-corrected chi connectivity index (χ4v) is 1.91. The summed E-state index contributed by atoms with van der Waals surface area (Å²) in [6.07, 6.45) is 1.83. The summed E-state index contributed by atoms with van der Waals surface area (Å²) >= 11 is 0. The van der Waals surface area contributed by atoms with Crippen molar-refractivity contribution in [1.82, 2.24) is 10.2 Å². The van der Waals surface area contributed by atoms with Crippen molar-refractivity contribution in [2.24, 2.45) is 17.6 Å². The van der Waals surface area contributed by atoms with Gasteiger partial charge in [-0.15, -0.1) is 0 Å². The lowest BCUT2D eigenvalue weighted by Gasteiger charge is -2.26. The molecular weight excluding hydrogens is 190 g/mol. The highest BCUT2D eigenvalue weighted by Crippen LogP contribution is 2.38. The first kappa shape index (κ1) is 12.5. The molecule has 0 aromatic carbocycles. The van der Waals surface area contributed by atoms with Crippen molar-refractivity contribution >= 4 is 5.91 Å². The van der Waals surface area contributed by atoms with Crippen LogP contribution in [0, 0.1) is 11.8 Å². The van der Waals surface area contributed by atoms with Crippen molar-refractivity contribution in [2.45, 2.75) is 25.8 Å². The smallest absolute Gasteiger partial charge is 0.221 e. The van der Waals surface area contributed by atoms with Crippen LogP contribution >= 0.6 is 0 Å². The van der Waals surface area contributed by atoms with Gasteiger partial charge < -0.3 is 16.0 Å². The van der Waals surface area contributed by atoms with Gasteiger partial charge in [-0.25, -0.2) is 0 Å². The van der Waals surface area contributed by atoms with Gasteiger partial charge in [0.25, 0.3) is 0 Å². The summed E-state index contributed by atoms with van der Waals surface area (Å²) in [5.74, 6) is 1.74. The first-order valence-electron chi connectivity index (χ1n) is 5.69. The molecule has 0 aromatic rings. The van der Waals surface area contributed by atoms with Gasteiger partial charge >= 0.3 is 0 Å². The maximum absolute atomic E-state index is 11.3. The molecule has 3 unspecified atom stereocenters. The number of nitrogens with zero attached hydrogens (tertiary/aromatic N) is 1. The third-order valence-corrected chi connectivity index (χ3v) is 3.39. The number of nitrogens with one attached hydrogen (secondary N) is 1. The second-order valence-corrected chi connectivity index (χ2v) is 4.68. The molecule has 15 heavy (non-hydrogen) atoms. The van der Waals surface area contributed by atoms with Crippen LogP contribution in [-0.4, -0.2) is 44.0 Å². The zero-order chi connectivity index (χ0) is 11.4. The molecule has 4 nitrogen and oxygen atoms in total. The Morgan fingerprint density at radius 2 is 2.27 bits per heavy atom. The van der Waals surface area contributed by atoms with E-state index in [-0.39, 0.29) is 11.9 Å². The normalized spacial score (nSPS) is 26.5. The fraction of sp³-hybridized carbons (Fsp3) is 0.909. The van der Waals surface area contributed by atoms with Gasteiger partial charge in [0.15, 0.2) is 0 Å². The van der Waals surface area contributed by atoms with E-state index >= 15 is 0 Å². The van der Waals surface area contributed by atoms with Crippen LogP contribution < -0.4 is 11.1 Å². The number of carbonyl (C=O) groups excluding carboxylic acids is 1. The molecule has 3 N–H and O–H groups in total. The highest BCUT2D eigenvalue weighted by molar-refractivity contribution is 5.76. The van der Waals surface area contributed by atoms with Crippen LogP contribution in [0.25, 0.3) is 0 Å². The molecule has 0 bridgehead atoms. The average Bonchev–Trinajstić information content (AvgIpc) is 2.89. The van der Waals surface area contributed by atoms with Crippen molar-refractivity contribution in [3.8, 4) is 0 Å². The molecule has 0 heterocycles. The Labute approximate surface area is 92.2 Å². The van der Waals surface area contributed by atoms with Crippen molar-refractivity contribution in [3.05, 3.63) is 0 Å². The van der Waals surface area contributed by atoms with Crippen LogP contribution in [0.2, 0.25) is 0 Å². The Morgan fingerprint density at radius 1 is 1.67 bits per heavy atom. The summed E-state index contributed by atoms with van der Waals surface area (Å²) in [6, 6.07) is 0.178. The minimum atomic E-state index is 0.0705. The molecule has 1 saturated carbocycles. The van der Waals surface area contributed by atoms with Gasteiger partial charge in [0.2, 0.25) is 5.91 Å². The first-order chi connectivity index (χ1) is 7.08. The molecule has 1 amide bonds. The summed E-state index contributed by atoms with van der Waals surface area (Å²) in [6.45, 7) is 3.89. The van der Waals surface area contributed by atoms with Gasteiger partial charge in [-0.3, -0.25) is 4.79 Å². The molecule has 1 fully saturated rings. The Hall–Kier alpha value is -0.610. The van der Waals surface area contributed by atoms with Gasteiger partial charge in [0, 0.05) is 32.6 Å². The molecule has 0 aromatic heterocycles. The van der Waals surface area contributed by atoms with E-state index in [0.717, 1.165) is 18.4 Å². The Balaban J connectivity index is 2.32. The van der Waals surface area contributed by atoms with E-state index in [1.165, 1.54) is 6.42 Å². The molecule has 0 aliphatic heterocycles. The highest BCUT2D eigenvalue weighted by atomic mass is 16.1. The minimum absolute atomic E-state index is 0.0705. The van der Waals surface area contributed by atoms with Crippen molar-refractivity contribution < 1.29 is 4.79 Å². The van der Waals surface area contributed by atoms with E-state index in [1.54, 1.807) is 7.05 Å². The molecule has 0 spiro atoms. The predicted molar refractivity (Wildman–Crippen MR) is 61.4 cm³/mol. The van der Waals surface area contributed by atoms with E-state index < -0.39 is 0 Å². The summed E-state index contributed by atoms with van der Waals surface area (Å²) < 4.78 is 0. The third-order valence-electron chi connectivity index (χ3n) is 3.39. The lowest BCUT2D eigenvalue weighted by molar-refractivity contribution is -0.121. The highest BCUT2D eigenvalue weighted by Gasteiger charge is 2.34. The van der Waals surface area contributed by atoms with Crippen LogP contribution in [0.15, 0.2) is 0 Å². The summed E-state index contributed by atoms with van der Waals surface area (Å²) in [4.78, 5) is 13.5.